The molecule has 0 bridgehead atoms. The molecule has 0 unspecified atom stereocenters. The first-order valence-electron chi connectivity index (χ1n) is 12.0. The van der Waals surface area contributed by atoms with E-state index in [0.717, 1.165) is 52.7 Å². The number of aryl methyl sites for hydroxylation is 1. The van der Waals surface area contributed by atoms with E-state index in [2.05, 4.69) is 21.2 Å². The van der Waals surface area contributed by atoms with Gasteiger partial charge in [0, 0.05) is 17.1 Å². The number of rotatable bonds is 7. The lowest BCUT2D eigenvalue weighted by molar-refractivity contribution is 0.0927. The van der Waals surface area contributed by atoms with Crippen LogP contribution in [0.15, 0.2) is 21.6 Å². The summed E-state index contributed by atoms with van der Waals surface area (Å²) < 4.78 is 12.3. The normalized spacial score (nSPS) is 16.8. The number of halogens is 1. The van der Waals surface area contributed by atoms with Crippen LogP contribution in [0.1, 0.15) is 85.2 Å². The van der Waals surface area contributed by atoms with Gasteiger partial charge < -0.3 is 14.8 Å². The Labute approximate surface area is 209 Å². The van der Waals surface area contributed by atoms with Gasteiger partial charge in [-0.1, -0.05) is 19.3 Å². The van der Waals surface area contributed by atoms with Gasteiger partial charge >= 0.3 is 0 Å². The Morgan fingerprint density at radius 3 is 2.67 bits per heavy atom. The Morgan fingerprint density at radius 1 is 1.18 bits per heavy atom. The zero-order valence-electron chi connectivity index (χ0n) is 19.7. The van der Waals surface area contributed by atoms with Crippen LogP contribution in [0, 0.1) is 0 Å². The van der Waals surface area contributed by atoms with E-state index in [4.69, 9.17) is 14.5 Å². The summed E-state index contributed by atoms with van der Waals surface area (Å²) in [7, 11) is 1.64. The smallest absolute Gasteiger partial charge is 0.254 e. The average Bonchev–Trinajstić information content (AvgIpc) is 3.18. The Morgan fingerprint density at radius 2 is 1.94 bits per heavy atom. The minimum atomic E-state index is 0.0393. The molecule has 0 atom stereocenters. The third kappa shape index (κ3) is 5.80. The van der Waals surface area contributed by atoms with Crippen LogP contribution in [0.2, 0.25) is 0 Å². The fourth-order valence-corrected chi connectivity index (χ4v) is 6.46. The Hall–Kier alpha value is -1.86. The van der Waals surface area contributed by atoms with Gasteiger partial charge in [-0.3, -0.25) is 4.79 Å². The summed E-state index contributed by atoms with van der Waals surface area (Å²) in [5.41, 5.74) is 2.90. The molecule has 4 rings (SSSR count). The molecule has 0 aliphatic heterocycles. The van der Waals surface area contributed by atoms with Gasteiger partial charge in [0.2, 0.25) is 0 Å². The van der Waals surface area contributed by atoms with Crippen molar-refractivity contribution in [2.45, 2.75) is 83.8 Å². The van der Waals surface area contributed by atoms with Crippen molar-refractivity contribution >= 4 is 44.4 Å². The van der Waals surface area contributed by atoms with E-state index in [-0.39, 0.29) is 18.1 Å². The third-order valence-electron chi connectivity index (χ3n) is 6.26. The maximum absolute atomic E-state index is 13.4. The van der Waals surface area contributed by atoms with Gasteiger partial charge in [0.05, 0.1) is 23.2 Å². The lowest BCUT2D eigenvalue weighted by Gasteiger charge is -2.23. The van der Waals surface area contributed by atoms with E-state index < -0.39 is 0 Å². The van der Waals surface area contributed by atoms with Crippen LogP contribution >= 0.6 is 27.3 Å². The molecular weight excluding hydrogens is 500 g/mol. The molecule has 0 saturated heterocycles. The van der Waals surface area contributed by atoms with E-state index in [1.54, 1.807) is 18.4 Å². The molecule has 1 saturated carbocycles. The van der Waals surface area contributed by atoms with Gasteiger partial charge in [0.25, 0.3) is 5.91 Å². The highest BCUT2D eigenvalue weighted by Gasteiger charge is 2.27. The van der Waals surface area contributed by atoms with Gasteiger partial charge in [0.1, 0.15) is 5.00 Å². The number of benzene rings is 1. The number of hydrogen-bond donors (Lipinski definition) is 1. The first-order chi connectivity index (χ1) is 16.0. The number of ether oxygens (including phenoxy) is 2. The van der Waals surface area contributed by atoms with Crippen molar-refractivity contribution < 1.29 is 14.3 Å². The molecule has 1 aromatic carbocycles. The summed E-state index contributed by atoms with van der Waals surface area (Å²) in [4.78, 5) is 19.5. The molecule has 178 valence electrons. The van der Waals surface area contributed by atoms with E-state index in [0.29, 0.717) is 11.5 Å². The Balaban J connectivity index is 1.63. The summed E-state index contributed by atoms with van der Waals surface area (Å²) in [6.07, 6.45) is 12.0. The van der Waals surface area contributed by atoms with Gasteiger partial charge in [-0.15, -0.1) is 11.3 Å². The molecule has 2 aliphatic carbocycles. The van der Waals surface area contributed by atoms with Crippen LogP contribution in [0.25, 0.3) is 0 Å². The zero-order valence-corrected chi connectivity index (χ0v) is 22.1. The molecule has 2 aromatic rings. The first kappa shape index (κ1) is 24.3. The minimum Gasteiger partial charge on any atom is -0.493 e. The van der Waals surface area contributed by atoms with Gasteiger partial charge in [-0.2, -0.15) is 0 Å². The molecule has 1 aromatic heterocycles. The molecule has 1 heterocycles. The summed E-state index contributed by atoms with van der Waals surface area (Å²) >= 11 is 5.28. The number of aliphatic imine (C=N–C) groups is 1. The first-order valence-corrected chi connectivity index (χ1v) is 13.6. The van der Waals surface area contributed by atoms with Gasteiger partial charge in [-0.25, -0.2) is 4.99 Å². The molecule has 5 nitrogen and oxygen atoms in total. The molecule has 1 amide bonds. The fourth-order valence-electron chi connectivity index (χ4n) is 4.68. The fraction of sp³-hybridized carbons (Fsp3) is 0.538. The lowest BCUT2D eigenvalue weighted by atomic mass is 9.93. The van der Waals surface area contributed by atoms with Gasteiger partial charge in [0.15, 0.2) is 11.5 Å². The number of carbonyl (C=O) groups excluding carboxylic acids is 1. The quantitative estimate of drug-likeness (QED) is 0.390. The maximum atomic E-state index is 13.4. The summed E-state index contributed by atoms with van der Waals surface area (Å²) in [6.45, 7) is 3.97. The average molecular weight is 534 g/mol. The summed E-state index contributed by atoms with van der Waals surface area (Å²) in [6, 6.07) is 4.18. The highest BCUT2D eigenvalue weighted by Crippen LogP contribution is 2.41. The van der Waals surface area contributed by atoms with Crippen LogP contribution in [0.4, 0.5) is 5.00 Å². The van der Waals surface area contributed by atoms with E-state index >= 15 is 0 Å². The molecule has 0 spiro atoms. The number of thiophene rings is 1. The minimum absolute atomic E-state index is 0.0393. The topological polar surface area (TPSA) is 59.9 Å². The highest BCUT2D eigenvalue weighted by atomic mass is 79.9. The molecule has 33 heavy (non-hydrogen) atoms. The predicted molar refractivity (Wildman–Crippen MR) is 139 cm³/mol. The SMILES string of the molecule is COc1cc(C=Nc2sc3c(c2C(=O)NC2CCCCC2)CCCC3)cc(Br)c1OC(C)C. The standard InChI is InChI=1S/C26H33BrN2O3S/c1-16(2)32-24-20(27)13-17(14-21(24)31-3)15-28-26-23(19-11-7-8-12-22(19)33-26)25(30)29-18-9-5-4-6-10-18/h13-16,18H,4-12H2,1-3H3,(H,29,30). The number of carbonyl (C=O) groups is 1. The van der Waals surface area contributed by atoms with Crippen molar-refractivity contribution in [1.82, 2.24) is 5.32 Å². The Kier molecular flexibility index (Phi) is 8.12. The third-order valence-corrected chi connectivity index (χ3v) is 8.05. The van der Waals surface area contributed by atoms with Crippen LogP contribution < -0.4 is 14.8 Å². The monoisotopic (exact) mass is 532 g/mol. The van der Waals surface area contributed by atoms with Crippen molar-refractivity contribution in [3.63, 3.8) is 0 Å². The van der Waals surface area contributed by atoms with Crippen molar-refractivity contribution in [1.29, 1.82) is 0 Å². The molecule has 1 N–H and O–H groups in total. The summed E-state index contributed by atoms with van der Waals surface area (Å²) in [5.74, 6) is 1.39. The lowest BCUT2D eigenvalue weighted by Crippen LogP contribution is -2.36. The number of nitrogens with one attached hydrogen (secondary N) is 1. The molecule has 1 fully saturated rings. The second-order valence-electron chi connectivity index (χ2n) is 9.16. The van der Waals surface area contributed by atoms with Crippen molar-refractivity contribution in [3.8, 4) is 11.5 Å². The highest BCUT2D eigenvalue weighted by molar-refractivity contribution is 9.10. The van der Waals surface area contributed by atoms with Gasteiger partial charge in [-0.05, 0) is 91.6 Å². The van der Waals surface area contributed by atoms with Crippen molar-refractivity contribution in [2.24, 2.45) is 4.99 Å². The zero-order chi connectivity index (χ0) is 23.4. The van der Waals surface area contributed by atoms with Crippen LogP contribution in [0.5, 0.6) is 11.5 Å². The van der Waals surface area contributed by atoms with Crippen LogP contribution in [-0.4, -0.2) is 31.4 Å². The predicted octanol–water partition coefficient (Wildman–Crippen LogP) is 7.00. The molecule has 2 aliphatic rings. The number of methoxy groups -OCH3 is 1. The number of nitrogens with zero attached hydrogens (tertiary/aromatic N) is 1. The second-order valence-corrected chi connectivity index (χ2v) is 11.1. The van der Waals surface area contributed by atoms with Crippen molar-refractivity contribution in [3.05, 3.63) is 38.2 Å². The van der Waals surface area contributed by atoms with Crippen LogP contribution in [-0.2, 0) is 12.8 Å². The van der Waals surface area contributed by atoms with E-state index in [1.807, 2.05) is 32.2 Å². The second kappa shape index (κ2) is 11.0. The number of fused-ring (bicyclic) bond motifs is 1. The maximum Gasteiger partial charge on any atom is 0.254 e. The van der Waals surface area contributed by atoms with Crippen molar-refractivity contribution in [2.75, 3.05) is 7.11 Å². The Bertz CT molecular complexity index is 1030. The molecule has 0 radical (unpaired) electrons. The number of amides is 1. The number of hydrogen-bond acceptors (Lipinski definition) is 5. The van der Waals surface area contributed by atoms with Crippen LogP contribution in [0.3, 0.4) is 0 Å². The summed E-state index contributed by atoms with van der Waals surface area (Å²) in [5, 5.41) is 4.13. The molecular formula is C26H33BrN2O3S. The van der Waals surface area contributed by atoms with E-state index in [1.165, 1.54) is 36.1 Å². The van der Waals surface area contributed by atoms with E-state index in [9.17, 15) is 4.79 Å². The largest absolute Gasteiger partial charge is 0.493 e. The molecule has 7 heteroatoms.